The number of hydrogen-bond acceptors (Lipinski definition) is 9. The Bertz CT molecular complexity index is 618. The topological polar surface area (TPSA) is 142 Å². The van der Waals surface area contributed by atoms with Crippen molar-refractivity contribution >= 4 is 34.1 Å². The lowest BCUT2D eigenvalue weighted by molar-refractivity contribution is -0.148. The number of nitrogens with two attached hydrogens (primary N) is 2. The van der Waals surface area contributed by atoms with Crippen molar-refractivity contribution in [3.05, 3.63) is 11.1 Å². The summed E-state index contributed by atoms with van der Waals surface area (Å²) in [5, 5.41) is 5.55. The average molecular weight is 343 g/mol. The summed E-state index contributed by atoms with van der Waals surface area (Å²) in [4.78, 5) is 33.0. The van der Waals surface area contributed by atoms with Crippen molar-refractivity contribution in [1.82, 2.24) is 10.4 Å². The predicted molar refractivity (Wildman–Crippen MR) is 86.4 cm³/mol. The van der Waals surface area contributed by atoms with Gasteiger partial charge >= 0.3 is 5.97 Å². The number of rotatable bonds is 5. The lowest BCUT2D eigenvalue weighted by Gasteiger charge is -2.22. The number of aromatic nitrogens is 1. The summed E-state index contributed by atoms with van der Waals surface area (Å²) in [5.41, 5.74) is 5.42. The zero-order valence-corrected chi connectivity index (χ0v) is 14.5. The molecule has 10 heteroatoms. The first-order valence-electron chi connectivity index (χ1n) is 6.68. The van der Waals surface area contributed by atoms with Gasteiger partial charge in [0.25, 0.3) is 5.91 Å². The van der Waals surface area contributed by atoms with Crippen molar-refractivity contribution in [2.75, 3.05) is 5.73 Å². The second-order valence-electron chi connectivity index (χ2n) is 6.09. The molecule has 5 N–H and O–H groups in total. The highest BCUT2D eigenvalue weighted by molar-refractivity contribution is 7.13. The Morgan fingerprint density at radius 3 is 2.35 bits per heavy atom. The van der Waals surface area contributed by atoms with Crippen LogP contribution in [-0.4, -0.2) is 33.8 Å². The van der Waals surface area contributed by atoms with Crippen LogP contribution in [0.15, 0.2) is 10.5 Å². The molecule has 0 aliphatic rings. The van der Waals surface area contributed by atoms with Crippen molar-refractivity contribution in [3.63, 3.8) is 0 Å². The number of anilines is 1. The fourth-order valence-electron chi connectivity index (χ4n) is 1.29. The van der Waals surface area contributed by atoms with E-state index in [9.17, 15) is 9.59 Å². The lowest BCUT2D eigenvalue weighted by atomic mass is 10.1. The van der Waals surface area contributed by atoms with Gasteiger partial charge in [-0.25, -0.2) is 15.6 Å². The highest BCUT2D eigenvalue weighted by atomic mass is 32.1. The summed E-state index contributed by atoms with van der Waals surface area (Å²) in [6, 6.07) is 0. The van der Waals surface area contributed by atoms with E-state index in [4.69, 9.17) is 21.2 Å². The molecule has 0 unspecified atom stereocenters. The van der Waals surface area contributed by atoms with E-state index in [-0.39, 0.29) is 16.5 Å². The molecule has 0 aliphatic heterocycles. The summed E-state index contributed by atoms with van der Waals surface area (Å²) in [5.74, 6) is 3.72. The lowest BCUT2D eigenvalue weighted by Crippen LogP contribution is -2.46. The molecule has 0 saturated carbocycles. The predicted octanol–water partition coefficient (Wildman–Crippen LogP) is 0.556. The van der Waals surface area contributed by atoms with E-state index in [1.54, 1.807) is 20.8 Å². The minimum atomic E-state index is -1.39. The fourth-order valence-corrected chi connectivity index (χ4v) is 1.83. The van der Waals surface area contributed by atoms with Crippen LogP contribution in [-0.2, 0) is 19.2 Å². The van der Waals surface area contributed by atoms with Crippen LogP contribution >= 0.6 is 11.3 Å². The first-order valence-corrected chi connectivity index (χ1v) is 7.56. The minimum absolute atomic E-state index is 0.189. The van der Waals surface area contributed by atoms with E-state index in [1.807, 2.05) is 5.43 Å². The van der Waals surface area contributed by atoms with Gasteiger partial charge in [0.05, 0.1) is 0 Å². The molecule has 0 spiro atoms. The number of amides is 1. The molecule has 0 atom stereocenters. The number of nitrogen functional groups attached to an aromatic ring is 1. The Morgan fingerprint density at radius 1 is 1.30 bits per heavy atom. The smallest absolute Gasteiger partial charge is 0.363 e. The molecule has 9 nitrogen and oxygen atoms in total. The van der Waals surface area contributed by atoms with Gasteiger partial charge in [-0.15, -0.1) is 11.3 Å². The summed E-state index contributed by atoms with van der Waals surface area (Å²) < 4.78 is 5.26. The Balaban J connectivity index is 3.12. The van der Waals surface area contributed by atoms with E-state index in [0.29, 0.717) is 0 Å². The molecule has 1 aromatic rings. The number of thiazole rings is 1. The van der Waals surface area contributed by atoms with Crippen molar-refractivity contribution in [2.45, 2.75) is 45.8 Å². The third-order valence-electron chi connectivity index (χ3n) is 2.40. The molecule has 0 bridgehead atoms. The number of nitrogens with one attached hydrogen (secondary N) is 1. The van der Waals surface area contributed by atoms with Gasteiger partial charge in [0.15, 0.2) is 5.13 Å². The third-order valence-corrected chi connectivity index (χ3v) is 3.07. The van der Waals surface area contributed by atoms with Crippen molar-refractivity contribution in [2.24, 2.45) is 11.0 Å². The largest absolute Gasteiger partial charge is 0.455 e. The van der Waals surface area contributed by atoms with Gasteiger partial charge < -0.3 is 15.3 Å². The Hall–Kier alpha value is -2.20. The van der Waals surface area contributed by atoms with Crippen LogP contribution in [0.5, 0.6) is 0 Å². The second kappa shape index (κ2) is 6.92. The molecule has 128 valence electrons. The van der Waals surface area contributed by atoms with Crippen molar-refractivity contribution < 1.29 is 19.2 Å². The van der Waals surface area contributed by atoms with Crippen LogP contribution in [0.2, 0.25) is 0 Å². The molecule has 0 fully saturated rings. The molecular weight excluding hydrogens is 322 g/mol. The van der Waals surface area contributed by atoms with Gasteiger partial charge in [-0.3, -0.25) is 10.2 Å². The average Bonchev–Trinajstić information content (AvgIpc) is 2.82. The Kier molecular flexibility index (Phi) is 5.67. The van der Waals surface area contributed by atoms with Crippen LogP contribution in [0.4, 0.5) is 5.13 Å². The maximum absolute atomic E-state index is 12.3. The van der Waals surface area contributed by atoms with Crippen molar-refractivity contribution in [3.8, 4) is 0 Å². The third kappa shape index (κ3) is 5.49. The van der Waals surface area contributed by atoms with Gasteiger partial charge in [0.2, 0.25) is 11.3 Å². The van der Waals surface area contributed by atoms with Gasteiger partial charge in [-0.2, -0.15) is 0 Å². The zero-order valence-electron chi connectivity index (χ0n) is 13.7. The second-order valence-corrected chi connectivity index (χ2v) is 6.98. The van der Waals surface area contributed by atoms with Crippen LogP contribution in [0.25, 0.3) is 0 Å². The number of oxime groups is 1. The highest BCUT2D eigenvalue weighted by Gasteiger charge is 2.32. The molecule has 1 amide bonds. The van der Waals surface area contributed by atoms with Crippen molar-refractivity contribution in [1.29, 1.82) is 0 Å². The van der Waals surface area contributed by atoms with Crippen LogP contribution in [0.1, 0.15) is 40.3 Å². The minimum Gasteiger partial charge on any atom is -0.455 e. The molecule has 1 rings (SSSR count). The number of hydrogen-bond donors (Lipinski definition) is 3. The van der Waals surface area contributed by atoms with Crippen LogP contribution < -0.4 is 17.0 Å². The molecule has 0 saturated heterocycles. The fraction of sp³-hybridized carbons (Fsp3) is 0.538. The Morgan fingerprint density at radius 2 is 1.91 bits per heavy atom. The molecular formula is C13H21N5O4S. The number of ether oxygens (including phenoxy) is 1. The molecule has 0 aromatic carbocycles. The first-order chi connectivity index (χ1) is 10.5. The standard InChI is InChI=1S/C13H21N5O4S/c1-12(2,3)21-9(19)8(7-6-23-11(14)16-7)18-22-13(4,5)10(20)17-15/h6H,15H2,1-5H3,(H2,14,16)(H,17,20)/b18-8-. The molecule has 1 aromatic heterocycles. The van der Waals surface area contributed by atoms with E-state index < -0.39 is 23.1 Å². The quantitative estimate of drug-likeness (QED) is 0.233. The number of carbonyl (C=O) groups excluding carboxylic acids is 2. The molecule has 23 heavy (non-hydrogen) atoms. The van der Waals surface area contributed by atoms with Gasteiger partial charge in [-0.1, -0.05) is 5.16 Å². The van der Waals surface area contributed by atoms with E-state index >= 15 is 0 Å². The van der Waals surface area contributed by atoms with E-state index in [2.05, 4.69) is 10.1 Å². The van der Waals surface area contributed by atoms with E-state index in [0.717, 1.165) is 11.3 Å². The number of carbonyl (C=O) groups is 2. The van der Waals surface area contributed by atoms with Crippen LogP contribution in [0, 0.1) is 0 Å². The Labute approximate surface area is 138 Å². The van der Waals surface area contributed by atoms with E-state index in [1.165, 1.54) is 19.2 Å². The summed E-state index contributed by atoms with van der Waals surface area (Å²) in [6.07, 6.45) is 0. The maximum Gasteiger partial charge on any atom is 0.363 e. The van der Waals surface area contributed by atoms with Crippen LogP contribution in [0.3, 0.4) is 0 Å². The zero-order chi connectivity index (χ0) is 17.8. The molecule has 0 radical (unpaired) electrons. The first kappa shape index (κ1) is 18.8. The maximum atomic E-state index is 12.3. The molecule has 1 heterocycles. The number of nitrogens with zero attached hydrogens (tertiary/aromatic N) is 2. The number of esters is 1. The molecule has 0 aliphatic carbocycles. The van der Waals surface area contributed by atoms with Gasteiger partial charge in [0.1, 0.15) is 11.3 Å². The normalized spacial score (nSPS) is 12.7. The highest BCUT2D eigenvalue weighted by Crippen LogP contribution is 2.17. The number of hydrazine groups is 1. The summed E-state index contributed by atoms with van der Waals surface area (Å²) >= 11 is 1.14. The monoisotopic (exact) mass is 343 g/mol. The van der Waals surface area contributed by atoms with Gasteiger partial charge in [-0.05, 0) is 34.6 Å². The SMILES string of the molecule is CC(C)(C)OC(=O)/C(=N\OC(C)(C)C(=O)NN)c1csc(N)n1. The summed E-state index contributed by atoms with van der Waals surface area (Å²) in [7, 11) is 0. The summed E-state index contributed by atoms with van der Waals surface area (Å²) in [6.45, 7) is 8.03. The van der Waals surface area contributed by atoms with Gasteiger partial charge in [0, 0.05) is 5.38 Å².